The summed E-state index contributed by atoms with van der Waals surface area (Å²) in [5.74, 6) is 1.13. The standard InChI is InChI=1S/C18H24O3/c1-12(2)21-15-5-4-13-11-18(17(19)16(13)10-15)8-6-14(20-3)7-9-18/h4-5,10,12,14H,6-9,11H2,1-3H3/t14-,18-. The summed E-state index contributed by atoms with van der Waals surface area (Å²) in [5.41, 5.74) is 1.89. The molecule has 1 spiro atoms. The summed E-state index contributed by atoms with van der Waals surface area (Å²) < 4.78 is 11.2. The summed E-state index contributed by atoms with van der Waals surface area (Å²) in [6.07, 6.45) is 5.22. The van der Waals surface area contributed by atoms with E-state index in [0.717, 1.165) is 43.4 Å². The van der Waals surface area contributed by atoms with Gasteiger partial charge in [-0.25, -0.2) is 0 Å². The van der Waals surface area contributed by atoms with E-state index in [1.165, 1.54) is 5.56 Å². The maximum absolute atomic E-state index is 12.9. The highest BCUT2D eigenvalue weighted by atomic mass is 16.5. The van der Waals surface area contributed by atoms with Gasteiger partial charge < -0.3 is 9.47 Å². The fourth-order valence-electron chi connectivity index (χ4n) is 3.78. The molecule has 3 heteroatoms. The van der Waals surface area contributed by atoms with Gasteiger partial charge in [-0.2, -0.15) is 0 Å². The summed E-state index contributed by atoms with van der Waals surface area (Å²) in [5, 5.41) is 0. The molecule has 1 saturated carbocycles. The lowest BCUT2D eigenvalue weighted by Crippen LogP contribution is -2.35. The van der Waals surface area contributed by atoms with E-state index in [1.807, 2.05) is 26.0 Å². The summed E-state index contributed by atoms with van der Waals surface area (Å²) >= 11 is 0. The molecule has 0 aromatic heterocycles. The van der Waals surface area contributed by atoms with Crippen LogP contribution in [-0.2, 0) is 11.2 Å². The molecule has 1 aromatic carbocycles. The highest BCUT2D eigenvalue weighted by Gasteiger charge is 2.47. The molecule has 1 aromatic rings. The molecule has 2 aliphatic rings. The Morgan fingerprint density at radius 1 is 1.24 bits per heavy atom. The Kier molecular flexibility index (Phi) is 3.78. The lowest BCUT2D eigenvalue weighted by molar-refractivity contribution is 0.0285. The van der Waals surface area contributed by atoms with Gasteiger partial charge in [0.05, 0.1) is 12.2 Å². The van der Waals surface area contributed by atoms with Gasteiger partial charge in [-0.05, 0) is 63.6 Å². The van der Waals surface area contributed by atoms with Crippen LogP contribution >= 0.6 is 0 Å². The number of methoxy groups -OCH3 is 1. The van der Waals surface area contributed by atoms with Gasteiger partial charge in [-0.15, -0.1) is 0 Å². The van der Waals surface area contributed by atoms with Crippen LogP contribution in [-0.4, -0.2) is 25.1 Å². The van der Waals surface area contributed by atoms with Crippen molar-refractivity contribution in [3.8, 4) is 5.75 Å². The minimum atomic E-state index is -0.173. The highest BCUT2D eigenvalue weighted by Crippen LogP contribution is 2.48. The van der Waals surface area contributed by atoms with E-state index in [9.17, 15) is 4.79 Å². The molecule has 0 heterocycles. The van der Waals surface area contributed by atoms with E-state index in [4.69, 9.17) is 9.47 Å². The van der Waals surface area contributed by atoms with E-state index in [0.29, 0.717) is 11.9 Å². The number of benzene rings is 1. The molecule has 0 unspecified atom stereocenters. The molecule has 0 aliphatic heterocycles. The van der Waals surface area contributed by atoms with E-state index in [1.54, 1.807) is 7.11 Å². The van der Waals surface area contributed by atoms with Gasteiger partial charge in [0.2, 0.25) is 0 Å². The van der Waals surface area contributed by atoms with Crippen molar-refractivity contribution in [2.75, 3.05) is 7.11 Å². The minimum absolute atomic E-state index is 0.130. The highest BCUT2D eigenvalue weighted by molar-refractivity contribution is 6.05. The number of hydrogen-bond donors (Lipinski definition) is 0. The van der Waals surface area contributed by atoms with Crippen molar-refractivity contribution >= 4 is 5.78 Å². The van der Waals surface area contributed by atoms with E-state index in [-0.39, 0.29) is 11.5 Å². The van der Waals surface area contributed by atoms with Crippen LogP contribution in [0.25, 0.3) is 0 Å². The van der Waals surface area contributed by atoms with Crippen LogP contribution in [0, 0.1) is 5.41 Å². The van der Waals surface area contributed by atoms with Crippen molar-refractivity contribution in [2.45, 2.75) is 58.2 Å². The average molecular weight is 288 g/mol. The van der Waals surface area contributed by atoms with Gasteiger partial charge in [0.15, 0.2) is 5.78 Å². The third-order valence-corrected chi connectivity index (χ3v) is 4.93. The Balaban J connectivity index is 1.82. The zero-order chi connectivity index (χ0) is 15.0. The molecule has 0 N–H and O–H groups in total. The van der Waals surface area contributed by atoms with Crippen LogP contribution in [0.5, 0.6) is 5.75 Å². The lowest BCUT2D eigenvalue weighted by Gasteiger charge is -2.35. The second-order valence-corrected chi connectivity index (χ2v) is 6.71. The first-order chi connectivity index (χ1) is 10.0. The molecule has 2 aliphatic carbocycles. The maximum atomic E-state index is 12.9. The zero-order valence-electron chi connectivity index (χ0n) is 13.1. The van der Waals surface area contributed by atoms with Gasteiger partial charge in [0.25, 0.3) is 0 Å². The number of rotatable bonds is 3. The topological polar surface area (TPSA) is 35.5 Å². The van der Waals surface area contributed by atoms with Crippen molar-refractivity contribution in [3.05, 3.63) is 29.3 Å². The second kappa shape index (κ2) is 5.45. The largest absolute Gasteiger partial charge is 0.491 e. The zero-order valence-corrected chi connectivity index (χ0v) is 13.1. The number of hydrogen-bond acceptors (Lipinski definition) is 3. The molecular formula is C18H24O3. The van der Waals surface area contributed by atoms with E-state index >= 15 is 0 Å². The van der Waals surface area contributed by atoms with Crippen LogP contribution in [0.3, 0.4) is 0 Å². The molecule has 114 valence electrons. The first kappa shape index (κ1) is 14.6. The Labute approximate surface area is 126 Å². The van der Waals surface area contributed by atoms with Gasteiger partial charge in [-0.3, -0.25) is 4.79 Å². The molecule has 3 rings (SSSR count). The van der Waals surface area contributed by atoms with E-state index < -0.39 is 0 Å². The normalized spacial score (nSPS) is 28.2. The van der Waals surface area contributed by atoms with E-state index in [2.05, 4.69) is 6.07 Å². The first-order valence-corrected chi connectivity index (χ1v) is 7.91. The summed E-state index contributed by atoms with van der Waals surface area (Å²) in [4.78, 5) is 12.9. The predicted octanol–water partition coefficient (Wildman–Crippen LogP) is 3.79. The molecule has 1 fully saturated rings. The maximum Gasteiger partial charge on any atom is 0.169 e. The monoisotopic (exact) mass is 288 g/mol. The average Bonchev–Trinajstić information content (AvgIpc) is 2.73. The Hall–Kier alpha value is -1.35. The molecule has 0 bridgehead atoms. The fourth-order valence-corrected chi connectivity index (χ4v) is 3.78. The number of carbonyl (C=O) groups excluding carboxylic acids is 1. The number of ether oxygens (including phenoxy) is 2. The van der Waals surface area contributed by atoms with Crippen LogP contribution in [0.2, 0.25) is 0 Å². The summed E-state index contributed by atoms with van der Waals surface area (Å²) in [6, 6.07) is 6.00. The number of Topliss-reactive ketones (excluding diaryl/α,β-unsaturated/α-hetero) is 1. The third-order valence-electron chi connectivity index (χ3n) is 4.93. The van der Waals surface area contributed by atoms with Crippen LogP contribution in [0.1, 0.15) is 55.5 Å². The lowest BCUT2D eigenvalue weighted by atomic mass is 9.70. The van der Waals surface area contributed by atoms with Gasteiger partial charge in [-0.1, -0.05) is 6.07 Å². The first-order valence-electron chi connectivity index (χ1n) is 7.91. The quantitative estimate of drug-likeness (QED) is 0.849. The van der Waals surface area contributed by atoms with Crippen LogP contribution in [0.15, 0.2) is 18.2 Å². The molecule has 0 atom stereocenters. The van der Waals surface area contributed by atoms with Crippen LogP contribution in [0.4, 0.5) is 0 Å². The summed E-state index contributed by atoms with van der Waals surface area (Å²) in [7, 11) is 1.77. The van der Waals surface area contributed by atoms with Crippen molar-refractivity contribution < 1.29 is 14.3 Å². The number of ketones is 1. The third kappa shape index (κ3) is 2.59. The Bertz CT molecular complexity index is 539. The van der Waals surface area contributed by atoms with Gasteiger partial charge in [0.1, 0.15) is 5.75 Å². The molecule has 0 saturated heterocycles. The SMILES string of the molecule is CO[C@H]1CC[C@]2(CC1)Cc1ccc(OC(C)C)cc1C2=O. The molecule has 21 heavy (non-hydrogen) atoms. The molecular weight excluding hydrogens is 264 g/mol. The Morgan fingerprint density at radius 3 is 2.57 bits per heavy atom. The van der Waals surface area contributed by atoms with Gasteiger partial charge >= 0.3 is 0 Å². The van der Waals surface area contributed by atoms with Crippen molar-refractivity contribution in [1.29, 1.82) is 0 Å². The van der Waals surface area contributed by atoms with Crippen molar-refractivity contribution in [2.24, 2.45) is 5.41 Å². The van der Waals surface area contributed by atoms with Gasteiger partial charge in [0, 0.05) is 18.1 Å². The predicted molar refractivity (Wildman–Crippen MR) is 81.9 cm³/mol. The summed E-state index contributed by atoms with van der Waals surface area (Å²) in [6.45, 7) is 4.01. The molecule has 0 radical (unpaired) electrons. The smallest absolute Gasteiger partial charge is 0.169 e. The Morgan fingerprint density at radius 2 is 1.95 bits per heavy atom. The van der Waals surface area contributed by atoms with Crippen LogP contribution < -0.4 is 4.74 Å². The number of carbonyl (C=O) groups is 1. The van der Waals surface area contributed by atoms with Crippen molar-refractivity contribution in [3.63, 3.8) is 0 Å². The fraction of sp³-hybridized carbons (Fsp3) is 0.611. The number of fused-ring (bicyclic) bond motifs is 1. The molecule has 0 amide bonds. The molecule has 3 nitrogen and oxygen atoms in total. The minimum Gasteiger partial charge on any atom is -0.491 e. The van der Waals surface area contributed by atoms with Crippen molar-refractivity contribution in [1.82, 2.24) is 0 Å². The second-order valence-electron chi connectivity index (χ2n) is 6.71.